The number of amides is 1. The quantitative estimate of drug-likeness (QED) is 0.243. The minimum Gasteiger partial charge on any atom is -0.387 e. The van der Waals surface area contributed by atoms with Crippen LogP contribution >= 0.6 is 11.6 Å². The Hall–Kier alpha value is -3.39. The van der Waals surface area contributed by atoms with Crippen LogP contribution in [-0.4, -0.2) is 65.9 Å². The topological polar surface area (TPSA) is 178 Å². The summed E-state index contributed by atoms with van der Waals surface area (Å²) in [6, 6.07) is 5.75. The van der Waals surface area contributed by atoms with E-state index in [-0.39, 0.29) is 28.0 Å². The Labute approximate surface area is 178 Å². The Kier molecular flexibility index (Phi) is 5.41. The molecule has 0 aliphatic carbocycles. The standard InChI is InChI=1S/C17H16ClN7O6/c1-19-15(28)12-10(26)11(27)16(31-12)24-6-20-9-13(22-17(18)23-14(9)24)21-7-3-2-4-8(5-7)25(29)30/h2-6,10-12,16,26-27H,1H3,(H,19,28)(H,21,22,23)/t10-,11+,12-,16+/m0/s1. The van der Waals surface area contributed by atoms with E-state index in [0.29, 0.717) is 5.69 Å². The number of anilines is 2. The van der Waals surface area contributed by atoms with Gasteiger partial charge in [0.15, 0.2) is 29.3 Å². The number of aromatic nitrogens is 4. The number of halogens is 1. The summed E-state index contributed by atoms with van der Waals surface area (Å²) in [6.45, 7) is 0. The first kappa shape index (κ1) is 20.9. The first-order valence-corrected chi connectivity index (χ1v) is 9.32. The fourth-order valence-corrected chi connectivity index (χ4v) is 3.41. The maximum atomic E-state index is 11.9. The molecule has 162 valence electrons. The molecule has 1 aliphatic rings. The number of likely N-dealkylation sites (N-methyl/N-ethyl adjacent to an activating group) is 1. The van der Waals surface area contributed by atoms with Gasteiger partial charge in [0.1, 0.15) is 12.2 Å². The number of nitrogens with one attached hydrogen (secondary N) is 2. The minimum absolute atomic E-state index is 0.122. The van der Waals surface area contributed by atoms with Gasteiger partial charge in [-0.25, -0.2) is 4.98 Å². The van der Waals surface area contributed by atoms with Crippen LogP contribution < -0.4 is 10.6 Å². The molecule has 0 unspecified atom stereocenters. The van der Waals surface area contributed by atoms with E-state index in [1.54, 1.807) is 6.07 Å². The van der Waals surface area contributed by atoms with Crippen LogP contribution in [0.2, 0.25) is 5.28 Å². The number of carbonyl (C=O) groups excluding carboxylic acids is 1. The first-order chi connectivity index (χ1) is 14.8. The van der Waals surface area contributed by atoms with Crippen LogP contribution in [0.1, 0.15) is 6.23 Å². The van der Waals surface area contributed by atoms with E-state index < -0.39 is 35.4 Å². The lowest BCUT2D eigenvalue weighted by Crippen LogP contribution is -2.41. The molecule has 4 atom stereocenters. The number of aliphatic hydroxyl groups is 2. The Balaban J connectivity index is 1.71. The average Bonchev–Trinajstić information content (AvgIpc) is 3.29. The lowest BCUT2D eigenvalue weighted by atomic mass is 10.1. The van der Waals surface area contributed by atoms with Crippen molar-refractivity contribution in [2.45, 2.75) is 24.5 Å². The number of nitro benzene ring substituents is 1. The molecular weight excluding hydrogens is 434 g/mol. The largest absolute Gasteiger partial charge is 0.387 e. The predicted molar refractivity (Wildman–Crippen MR) is 107 cm³/mol. The molecule has 1 aliphatic heterocycles. The molecule has 14 heteroatoms. The second-order valence-corrected chi connectivity index (χ2v) is 6.98. The fraction of sp³-hybridized carbons (Fsp3) is 0.294. The number of nitro groups is 1. The van der Waals surface area contributed by atoms with Crippen LogP contribution in [-0.2, 0) is 9.53 Å². The van der Waals surface area contributed by atoms with Gasteiger partial charge in [0.05, 0.1) is 11.3 Å². The van der Waals surface area contributed by atoms with Gasteiger partial charge in [0.2, 0.25) is 5.28 Å². The van der Waals surface area contributed by atoms with Gasteiger partial charge in [0, 0.05) is 24.9 Å². The number of carbonyl (C=O) groups is 1. The van der Waals surface area contributed by atoms with Gasteiger partial charge >= 0.3 is 0 Å². The van der Waals surface area contributed by atoms with Crippen LogP contribution in [0, 0.1) is 10.1 Å². The van der Waals surface area contributed by atoms with E-state index in [9.17, 15) is 25.1 Å². The Morgan fingerprint density at radius 2 is 2.10 bits per heavy atom. The van der Waals surface area contributed by atoms with Crippen LogP contribution in [0.3, 0.4) is 0 Å². The molecule has 4 N–H and O–H groups in total. The fourth-order valence-electron chi connectivity index (χ4n) is 3.25. The molecule has 1 amide bonds. The molecule has 0 saturated carbocycles. The number of hydrogen-bond donors (Lipinski definition) is 4. The van der Waals surface area contributed by atoms with Crippen molar-refractivity contribution in [2.24, 2.45) is 0 Å². The summed E-state index contributed by atoms with van der Waals surface area (Å²) in [5.74, 6) is -0.440. The van der Waals surface area contributed by atoms with Crippen molar-refractivity contribution in [1.82, 2.24) is 24.8 Å². The van der Waals surface area contributed by atoms with Crippen molar-refractivity contribution in [3.63, 3.8) is 0 Å². The highest BCUT2D eigenvalue weighted by molar-refractivity contribution is 6.28. The van der Waals surface area contributed by atoms with Crippen molar-refractivity contribution < 1.29 is 24.7 Å². The lowest BCUT2D eigenvalue weighted by Gasteiger charge is -2.16. The van der Waals surface area contributed by atoms with Gasteiger partial charge in [-0.1, -0.05) is 6.07 Å². The minimum atomic E-state index is -1.47. The molecule has 2 aromatic heterocycles. The van der Waals surface area contributed by atoms with Crippen molar-refractivity contribution in [3.05, 3.63) is 46.0 Å². The summed E-state index contributed by atoms with van der Waals surface area (Å²) < 4.78 is 6.86. The Morgan fingerprint density at radius 3 is 2.81 bits per heavy atom. The van der Waals surface area contributed by atoms with Gasteiger partial charge in [0.25, 0.3) is 11.6 Å². The molecule has 1 aromatic carbocycles. The van der Waals surface area contributed by atoms with Crippen LogP contribution in [0.25, 0.3) is 11.2 Å². The first-order valence-electron chi connectivity index (χ1n) is 8.95. The van der Waals surface area contributed by atoms with Crippen molar-refractivity contribution in [1.29, 1.82) is 0 Å². The van der Waals surface area contributed by atoms with E-state index in [1.165, 1.54) is 36.1 Å². The number of imidazole rings is 1. The molecule has 0 bridgehead atoms. The van der Waals surface area contributed by atoms with E-state index in [1.807, 2.05) is 0 Å². The molecule has 31 heavy (non-hydrogen) atoms. The van der Waals surface area contributed by atoms with Gasteiger partial charge in [-0.05, 0) is 17.7 Å². The van der Waals surface area contributed by atoms with Crippen molar-refractivity contribution in [2.75, 3.05) is 12.4 Å². The van der Waals surface area contributed by atoms with Crippen molar-refractivity contribution in [3.8, 4) is 0 Å². The van der Waals surface area contributed by atoms with Crippen LogP contribution in [0.15, 0.2) is 30.6 Å². The zero-order chi connectivity index (χ0) is 22.3. The summed E-state index contributed by atoms with van der Waals surface area (Å²) in [5, 5.41) is 36.7. The van der Waals surface area contributed by atoms with Gasteiger partial charge in [-0.2, -0.15) is 9.97 Å². The molecule has 3 aromatic rings. The average molecular weight is 450 g/mol. The molecule has 1 fully saturated rings. The van der Waals surface area contributed by atoms with Crippen LogP contribution in [0.4, 0.5) is 17.2 Å². The third kappa shape index (κ3) is 3.74. The molecule has 0 radical (unpaired) electrons. The van der Waals surface area contributed by atoms with E-state index in [2.05, 4.69) is 25.6 Å². The van der Waals surface area contributed by atoms with E-state index in [0.717, 1.165) is 0 Å². The lowest BCUT2D eigenvalue weighted by molar-refractivity contribution is -0.384. The normalized spacial score (nSPS) is 23.1. The zero-order valence-corrected chi connectivity index (χ0v) is 16.6. The van der Waals surface area contributed by atoms with Gasteiger partial charge in [-0.3, -0.25) is 19.5 Å². The number of nitrogens with zero attached hydrogens (tertiary/aromatic N) is 5. The summed E-state index contributed by atoms with van der Waals surface area (Å²) in [4.78, 5) is 34.8. The summed E-state index contributed by atoms with van der Waals surface area (Å²) >= 11 is 6.05. The van der Waals surface area contributed by atoms with Gasteiger partial charge < -0.3 is 25.6 Å². The second kappa shape index (κ2) is 8.03. The molecule has 4 rings (SSSR count). The van der Waals surface area contributed by atoms with E-state index in [4.69, 9.17) is 16.3 Å². The van der Waals surface area contributed by atoms with Gasteiger partial charge in [-0.15, -0.1) is 0 Å². The van der Waals surface area contributed by atoms with Crippen LogP contribution in [0.5, 0.6) is 0 Å². The molecular formula is C17H16ClN7O6. The maximum absolute atomic E-state index is 11.9. The Bertz CT molecular complexity index is 1170. The molecule has 13 nitrogen and oxygen atoms in total. The number of non-ortho nitro benzene ring substituents is 1. The smallest absolute Gasteiger partial charge is 0.271 e. The number of benzene rings is 1. The summed E-state index contributed by atoms with van der Waals surface area (Å²) in [6.07, 6.45) is -4.08. The molecule has 0 spiro atoms. The molecule has 3 heterocycles. The SMILES string of the molecule is CNC(=O)[C@H]1O[C@@H](n2cnc3c(Nc4cccc([N+](=O)[O-])c4)nc(Cl)nc32)[C@H](O)[C@@H]1O. The Morgan fingerprint density at radius 1 is 1.32 bits per heavy atom. The predicted octanol–water partition coefficient (Wildman–Crippen LogP) is 0.497. The number of hydrogen-bond acceptors (Lipinski definition) is 10. The third-order valence-corrected chi connectivity index (χ3v) is 4.90. The van der Waals surface area contributed by atoms with E-state index >= 15 is 0 Å². The summed E-state index contributed by atoms with van der Waals surface area (Å²) in [7, 11) is 1.38. The maximum Gasteiger partial charge on any atom is 0.271 e. The highest BCUT2D eigenvalue weighted by atomic mass is 35.5. The monoisotopic (exact) mass is 449 g/mol. The highest BCUT2D eigenvalue weighted by Gasteiger charge is 2.47. The highest BCUT2D eigenvalue weighted by Crippen LogP contribution is 2.33. The van der Waals surface area contributed by atoms with Crippen molar-refractivity contribution >= 4 is 45.9 Å². The number of rotatable bonds is 5. The second-order valence-electron chi connectivity index (χ2n) is 6.64. The number of fused-ring (bicyclic) bond motifs is 1. The zero-order valence-electron chi connectivity index (χ0n) is 15.8. The number of ether oxygens (including phenoxy) is 1. The summed E-state index contributed by atoms with van der Waals surface area (Å²) in [5.41, 5.74) is 0.627. The molecule has 1 saturated heterocycles. The third-order valence-electron chi connectivity index (χ3n) is 4.73. The number of aliphatic hydroxyl groups excluding tert-OH is 2.